The number of aryl methyl sites for hydroxylation is 1. The van der Waals surface area contributed by atoms with Crippen LogP contribution in [0.2, 0.25) is 0 Å². The minimum absolute atomic E-state index is 0.155. The highest BCUT2D eigenvalue weighted by molar-refractivity contribution is 6.07. The third-order valence-electron chi connectivity index (χ3n) is 6.48. The first-order valence-corrected chi connectivity index (χ1v) is 10.8. The van der Waals surface area contributed by atoms with E-state index >= 15 is 0 Å². The van der Waals surface area contributed by atoms with Crippen molar-refractivity contribution in [2.24, 2.45) is 18.7 Å². The number of nitrogens with two attached hydrogens (primary N) is 1. The van der Waals surface area contributed by atoms with Gasteiger partial charge in [-0.15, -0.1) is 0 Å². The molecule has 2 aromatic rings. The molecule has 9 nitrogen and oxygen atoms in total. The first kappa shape index (κ1) is 19.6. The van der Waals surface area contributed by atoms with E-state index in [-0.39, 0.29) is 23.8 Å². The average molecular weight is 422 g/mol. The van der Waals surface area contributed by atoms with Crippen LogP contribution >= 0.6 is 0 Å². The van der Waals surface area contributed by atoms with Crippen molar-refractivity contribution in [1.82, 2.24) is 20.6 Å². The lowest BCUT2D eigenvalue weighted by atomic mass is 9.84. The van der Waals surface area contributed by atoms with Crippen molar-refractivity contribution in [3.63, 3.8) is 0 Å². The SMILES string of the molecule is Cn1cc(C2Nc3cc(NC(=O)[C@H](N)C4CCCCC4)cc4c3C2=CNNC4=O)cn1. The number of anilines is 2. The highest BCUT2D eigenvalue weighted by atomic mass is 16.2. The Hall–Kier alpha value is -3.33. The van der Waals surface area contributed by atoms with Gasteiger partial charge in [0, 0.05) is 47.5 Å². The van der Waals surface area contributed by atoms with Crippen LogP contribution in [0.25, 0.3) is 5.57 Å². The number of nitrogens with one attached hydrogen (secondary N) is 4. The molecule has 1 saturated carbocycles. The molecule has 2 aliphatic heterocycles. The Balaban J connectivity index is 1.45. The summed E-state index contributed by atoms with van der Waals surface area (Å²) in [6, 6.07) is 2.88. The van der Waals surface area contributed by atoms with Gasteiger partial charge < -0.3 is 21.8 Å². The number of carbonyl (C=O) groups is 2. The van der Waals surface area contributed by atoms with Gasteiger partial charge in [0.1, 0.15) is 0 Å². The molecule has 1 aliphatic carbocycles. The normalized spacial score (nSPS) is 21.2. The Morgan fingerprint density at radius 3 is 2.84 bits per heavy atom. The van der Waals surface area contributed by atoms with Crippen LogP contribution in [-0.2, 0) is 11.8 Å². The van der Waals surface area contributed by atoms with Gasteiger partial charge in [-0.2, -0.15) is 5.10 Å². The lowest BCUT2D eigenvalue weighted by Gasteiger charge is -2.26. The zero-order valence-electron chi connectivity index (χ0n) is 17.4. The lowest BCUT2D eigenvalue weighted by Crippen LogP contribution is -2.42. The van der Waals surface area contributed by atoms with Crippen LogP contribution in [-0.4, -0.2) is 27.6 Å². The third-order valence-corrected chi connectivity index (χ3v) is 6.48. The summed E-state index contributed by atoms with van der Waals surface area (Å²) in [4.78, 5) is 25.5. The zero-order chi connectivity index (χ0) is 21.5. The van der Waals surface area contributed by atoms with Gasteiger partial charge in [0.25, 0.3) is 5.91 Å². The molecule has 0 spiro atoms. The monoisotopic (exact) mass is 421 g/mol. The molecule has 162 valence electrons. The summed E-state index contributed by atoms with van der Waals surface area (Å²) in [5, 5.41) is 10.7. The van der Waals surface area contributed by atoms with Gasteiger partial charge in [-0.3, -0.25) is 19.7 Å². The Morgan fingerprint density at radius 2 is 2.10 bits per heavy atom. The van der Waals surface area contributed by atoms with Gasteiger partial charge in [-0.05, 0) is 30.9 Å². The first-order chi connectivity index (χ1) is 15.0. The van der Waals surface area contributed by atoms with E-state index < -0.39 is 6.04 Å². The molecule has 6 N–H and O–H groups in total. The molecule has 1 aromatic heterocycles. The predicted molar refractivity (Wildman–Crippen MR) is 118 cm³/mol. The number of amides is 2. The molecule has 1 aromatic carbocycles. The maximum Gasteiger partial charge on any atom is 0.270 e. The molecule has 1 unspecified atom stereocenters. The van der Waals surface area contributed by atoms with Crippen LogP contribution in [0.5, 0.6) is 0 Å². The zero-order valence-corrected chi connectivity index (χ0v) is 17.4. The minimum Gasteiger partial charge on any atom is -0.373 e. The summed E-state index contributed by atoms with van der Waals surface area (Å²) < 4.78 is 1.74. The van der Waals surface area contributed by atoms with Crippen LogP contribution in [0, 0.1) is 5.92 Å². The van der Waals surface area contributed by atoms with Crippen molar-refractivity contribution in [2.45, 2.75) is 44.2 Å². The number of carbonyl (C=O) groups excluding carboxylic acids is 2. The molecule has 5 rings (SSSR count). The molecular weight excluding hydrogens is 394 g/mol. The standard InChI is InChI=1S/C22H27N7O2/c1-29-11-13(9-25-29)20-16-10-24-28-21(30)15-7-14(8-17(27-20)18(15)16)26-22(31)19(23)12-5-3-2-4-6-12/h7-12,19-20,24,27H,2-6,23H2,1H3,(H,26,31)(H,28,30)/t19-,20?/m1/s1. The van der Waals surface area contributed by atoms with Gasteiger partial charge in [0.05, 0.1) is 23.8 Å². The Bertz CT molecular complexity index is 1070. The van der Waals surface area contributed by atoms with Crippen LogP contribution in [0.3, 0.4) is 0 Å². The highest BCUT2D eigenvalue weighted by Gasteiger charge is 2.35. The summed E-state index contributed by atoms with van der Waals surface area (Å²) in [5.74, 6) is -0.257. The number of rotatable bonds is 4. The van der Waals surface area contributed by atoms with Crippen molar-refractivity contribution < 1.29 is 9.59 Å². The van der Waals surface area contributed by atoms with Gasteiger partial charge in [0.15, 0.2) is 0 Å². The molecule has 0 radical (unpaired) electrons. The summed E-state index contributed by atoms with van der Waals surface area (Å²) >= 11 is 0. The Morgan fingerprint density at radius 1 is 1.29 bits per heavy atom. The van der Waals surface area contributed by atoms with Crippen molar-refractivity contribution in [3.8, 4) is 0 Å². The number of hydrogen-bond acceptors (Lipinski definition) is 6. The number of hydrazine groups is 1. The third kappa shape index (κ3) is 3.54. The smallest absolute Gasteiger partial charge is 0.270 e. The van der Waals surface area contributed by atoms with Crippen molar-refractivity contribution in [2.75, 3.05) is 10.6 Å². The van der Waals surface area contributed by atoms with Crippen molar-refractivity contribution in [1.29, 1.82) is 0 Å². The molecule has 2 amide bonds. The fourth-order valence-corrected chi connectivity index (χ4v) is 4.88. The maximum atomic E-state index is 12.8. The van der Waals surface area contributed by atoms with Crippen molar-refractivity contribution >= 4 is 28.8 Å². The second kappa shape index (κ2) is 7.73. The molecule has 3 heterocycles. The van der Waals surface area contributed by atoms with Crippen LogP contribution < -0.4 is 27.2 Å². The Kier molecular flexibility index (Phi) is 4.90. The molecule has 3 aliphatic rings. The van der Waals surface area contributed by atoms with Crippen LogP contribution in [0.4, 0.5) is 11.4 Å². The lowest BCUT2D eigenvalue weighted by molar-refractivity contribution is -0.118. The molecule has 0 saturated heterocycles. The van der Waals surface area contributed by atoms with E-state index in [1.54, 1.807) is 23.1 Å². The van der Waals surface area contributed by atoms with Crippen LogP contribution in [0.15, 0.2) is 30.7 Å². The molecule has 31 heavy (non-hydrogen) atoms. The average Bonchev–Trinajstić information content (AvgIpc) is 3.31. The summed E-state index contributed by atoms with van der Waals surface area (Å²) in [6.45, 7) is 0. The van der Waals surface area contributed by atoms with E-state index in [4.69, 9.17) is 5.73 Å². The van der Waals surface area contributed by atoms with E-state index in [9.17, 15) is 9.59 Å². The first-order valence-electron chi connectivity index (χ1n) is 10.8. The van der Waals surface area contributed by atoms with E-state index in [0.717, 1.165) is 48.1 Å². The molecule has 9 heteroatoms. The largest absolute Gasteiger partial charge is 0.373 e. The van der Waals surface area contributed by atoms with Gasteiger partial charge in [-0.25, -0.2) is 0 Å². The molecule has 0 bridgehead atoms. The number of aromatic nitrogens is 2. The second-order valence-electron chi connectivity index (χ2n) is 8.58. The predicted octanol–water partition coefficient (Wildman–Crippen LogP) is 2.02. The highest BCUT2D eigenvalue weighted by Crippen LogP contribution is 2.46. The summed E-state index contributed by atoms with van der Waals surface area (Å²) in [6.07, 6.45) is 11.0. The molecule has 2 atom stereocenters. The number of nitrogens with zero attached hydrogens (tertiary/aromatic N) is 2. The fourth-order valence-electron chi connectivity index (χ4n) is 4.88. The number of hydrogen-bond donors (Lipinski definition) is 5. The molecule has 1 fully saturated rings. The second-order valence-corrected chi connectivity index (χ2v) is 8.58. The summed E-state index contributed by atoms with van der Waals surface area (Å²) in [7, 11) is 1.87. The summed E-state index contributed by atoms with van der Waals surface area (Å²) in [5.41, 5.74) is 16.4. The number of benzene rings is 1. The van der Waals surface area contributed by atoms with E-state index in [2.05, 4.69) is 26.6 Å². The van der Waals surface area contributed by atoms with Gasteiger partial charge in [-0.1, -0.05) is 19.3 Å². The van der Waals surface area contributed by atoms with Crippen molar-refractivity contribution in [3.05, 3.63) is 47.4 Å². The van der Waals surface area contributed by atoms with E-state index in [0.29, 0.717) is 11.3 Å². The Labute approximate surface area is 180 Å². The van der Waals surface area contributed by atoms with Crippen LogP contribution in [0.1, 0.15) is 59.6 Å². The van der Waals surface area contributed by atoms with E-state index in [1.807, 2.05) is 19.3 Å². The van der Waals surface area contributed by atoms with Gasteiger partial charge in [0.2, 0.25) is 5.91 Å². The van der Waals surface area contributed by atoms with E-state index in [1.165, 1.54) is 6.42 Å². The van der Waals surface area contributed by atoms with Gasteiger partial charge >= 0.3 is 0 Å². The quantitative estimate of drug-likeness (QED) is 0.514. The molecular formula is C22H27N7O2. The minimum atomic E-state index is -0.547. The topological polar surface area (TPSA) is 126 Å². The maximum absolute atomic E-state index is 12.8. The fraction of sp³-hybridized carbons (Fsp3) is 0.409.